The van der Waals surface area contributed by atoms with Crippen LogP contribution >= 0.6 is 0 Å². The van der Waals surface area contributed by atoms with Crippen LogP contribution in [0.5, 0.6) is 0 Å². The van der Waals surface area contributed by atoms with E-state index < -0.39 is 10.8 Å². The molecule has 0 radical (unpaired) electrons. The Balaban J connectivity index is 2.28. The number of hydrazine groups is 1. The fraction of sp³-hybridized carbons (Fsp3) is 0.900. The second kappa shape index (κ2) is 7.62. The van der Waals surface area contributed by atoms with Crippen LogP contribution in [0.25, 0.3) is 0 Å². The van der Waals surface area contributed by atoms with E-state index in [9.17, 15) is 4.21 Å². The number of nitrogens with one attached hydrogen (secondary N) is 2. The van der Waals surface area contributed by atoms with E-state index in [1.807, 2.05) is 6.92 Å². The minimum Gasteiger partial charge on any atom is -0.353 e. The number of hydrogen-bond donors (Lipinski definition) is 3. The summed E-state index contributed by atoms with van der Waals surface area (Å²) in [4.78, 5) is 4.27. The molecule has 1 aliphatic rings. The molecule has 1 unspecified atom stereocenters. The highest BCUT2D eigenvalue weighted by molar-refractivity contribution is 7.84. The Morgan fingerprint density at radius 1 is 1.50 bits per heavy atom. The van der Waals surface area contributed by atoms with Crippen LogP contribution in [0.3, 0.4) is 0 Å². The van der Waals surface area contributed by atoms with Crippen LogP contribution < -0.4 is 16.6 Å². The van der Waals surface area contributed by atoms with Gasteiger partial charge in [-0.25, -0.2) is 5.84 Å². The van der Waals surface area contributed by atoms with Crippen LogP contribution in [0.1, 0.15) is 32.6 Å². The quantitative estimate of drug-likeness (QED) is 0.278. The third kappa shape index (κ3) is 4.94. The van der Waals surface area contributed by atoms with Crippen molar-refractivity contribution in [2.24, 2.45) is 10.8 Å². The van der Waals surface area contributed by atoms with Crippen molar-refractivity contribution in [3.05, 3.63) is 0 Å². The Morgan fingerprint density at radius 2 is 2.19 bits per heavy atom. The van der Waals surface area contributed by atoms with Crippen molar-refractivity contribution >= 4 is 16.8 Å². The summed E-state index contributed by atoms with van der Waals surface area (Å²) in [5.74, 6) is 7.30. The molecule has 0 heterocycles. The van der Waals surface area contributed by atoms with Crippen molar-refractivity contribution in [3.63, 3.8) is 0 Å². The number of guanidine groups is 1. The van der Waals surface area contributed by atoms with Crippen molar-refractivity contribution < 1.29 is 4.21 Å². The van der Waals surface area contributed by atoms with Gasteiger partial charge in [0.1, 0.15) is 0 Å². The molecule has 0 amide bonds. The summed E-state index contributed by atoms with van der Waals surface area (Å²) in [5.41, 5.74) is 2.56. The molecular formula is C10H22N4OS. The van der Waals surface area contributed by atoms with E-state index in [0.29, 0.717) is 30.1 Å². The first-order valence-electron chi connectivity index (χ1n) is 5.88. The van der Waals surface area contributed by atoms with Crippen LogP contribution in [0.15, 0.2) is 4.99 Å². The van der Waals surface area contributed by atoms with E-state index in [-0.39, 0.29) is 0 Å². The largest absolute Gasteiger partial charge is 0.353 e. The molecule has 0 spiro atoms. The molecular weight excluding hydrogens is 224 g/mol. The van der Waals surface area contributed by atoms with Crippen LogP contribution in [0.4, 0.5) is 0 Å². The smallest absolute Gasteiger partial charge is 0.205 e. The lowest BCUT2D eigenvalue weighted by molar-refractivity contribution is 0.615. The zero-order valence-electron chi connectivity index (χ0n) is 9.87. The lowest BCUT2D eigenvalue weighted by atomic mass is 10.2. The van der Waals surface area contributed by atoms with Crippen molar-refractivity contribution in [1.29, 1.82) is 0 Å². The summed E-state index contributed by atoms with van der Waals surface area (Å²) in [7, 11) is -0.753. The molecule has 0 aromatic heterocycles. The average molecular weight is 246 g/mol. The van der Waals surface area contributed by atoms with Crippen molar-refractivity contribution in [1.82, 2.24) is 10.7 Å². The van der Waals surface area contributed by atoms with Crippen molar-refractivity contribution in [2.75, 3.05) is 18.1 Å². The van der Waals surface area contributed by atoms with Gasteiger partial charge in [0.15, 0.2) is 0 Å². The molecule has 4 N–H and O–H groups in total. The standard InChI is InChI=1S/C10H22N4OS/c1-2-16(15)8-7-12-10(14-11)13-9-5-3-4-6-9/h9H,2-8,11H2,1H3,(H2,12,13,14). The lowest BCUT2D eigenvalue weighted by Crippen LogP contribution is -2.45. The van der Waals surface area contributed by atoms with E-state index in [2.05, 4.69) is 15.7 Å². The Hall–Kier alpha value is -0.620. The molecule has 1 saturated carbocycles. The lowest BCUT2D eigenvalue weighted by Gasteiger charge is -2.14. The van der Waals surface area contributed by atoms with Gasteiger partial charge in [-0.2, -0.15) is 0 Å². The van der Waals surface area contributed by atoms with Crippen LogP contribution in [0, 0.1) is 0 Å². The molecule has 0 aromatic carbocycles. The Labute approximate surface area is 99.7 Å². The fourth-order valence-corrected chi connectivity index (χ4v) is 2.38. The summed E-state index contributed by atoms with van der Waals surface area (Å²) in [6, 6.07) is 0.492. The molecule has 0 aromatic rings. The summed E-state index contributed by atoms with van der Waals surface area (Å²) in [5, 5.41) is 3.27. The van der Waals surface area contributed by atoms with E-state index in [1.165, 1.54) is 25.7 Å². The molecule has 94 valence electrons. The Morgan fingerprint density at radius 3 is 2.75 bits per heavy atom. The van der Waals surface area contributed by atoms with Crippen LogP contribution in [0.2, 0.25) is 0 Å². The second-order valence-corrected chi connectivity index (χ2v) is 5.80. The van der Waals surface area contributed by atoms with Gasteiger partial charge in [0.05, 0.1) is 6.54 Å². The Bertz CT molecular complexity index is 251. The minimum absolute atomic E-state index is 0.492. The number of rotatable bonds is 5. The van der Waals surface area contributed by atoms with Gasteiger partial charge in [-0.05, 0) is 12.8 Å². The molecule has 5 nitrogen and oxygen atoms in total. The highest BCUT2D eigenvalue weighted by atomic mass is 32.2. The number of nitrogens with two attached hydrogens (primary N) is 1. The number of nitrogens with zero attached hydrogens (tertiary/aromatic N) is 1. The third-order valence-electron chi connectivity index (χ3n) is 2.74. The van der Waals surface area contributed by atoms with E-state index in [1.54, 1.807) is 0 Å². The normalized spacial score (nSPS) is 19.8. The summed E-state index contributed by atoms with van der Waals surface area (Å²) in [6.07, 6.45) is 4.91. The van der Waals surface area contributed by atoms with E-state index in [0.717, 1.165) is 0 Å². The first-order chi connectivity index (χ1) is 7.76. The van der Waals surface area contributed by atoms with E-state index in [4.69, 9.17) is 5.84 Å². The Kier molecular flexibility index (Phi) is 6.40. The van der Waals surface area contributed by atoms with Crippen molar-refractivity contribution in [3.8, 4) is 0 Å². The maximum absolute atomic E-state index is 11.2. The van der Waals surface area contributed by atoms with Gasteiger partial charge in [0, 0.05) is 28.3 Å². The third-order valence-corrected chi connectivity index (χ3v) is 4.03. The predicted octanol–water partition coefficient (Wildman–Crippen LogP) is 0.107. The highest BCUT2D eigenvalue weighted by Crippen LogP contribution is 2.17. The van der Waals surface area contributed by atoms with E-state index >= 15 is 0 Å². The summed E-state index contributed by atoms with van der Waals surface area (Å²) < 4.78 is 11.2. The molecule has 1 aliphatic carbocycles. The summed E-state index contributed by atoms with van der Waals surface area (Å²) >= 11 is 0. The molecule has 1 atom stereocenters. The van der Waals surface area contributed by atoms with Gasteiger partial charge in [-0.1, -0.05) is 19.8 Å². The van der Waals surface area contributed by atoms with Gasteiger partial charge >= 0.3 is 0 Å². The molecule has 1 rings (SSSR count). The van der Waals surface area contributed by atoms with Gasteiger partial charge in [0.2, 0.25) is 5.96 Å². The van der Waals surface area contributed by atoms with Gasteiger partial charge in [-0.3, -0.25) is 14.6 Å². The monoisotopic (exact) mass is 246 g/mol. The summed E-state index contributed by atoms with van der Waals surface area (Å²) in [6.45, 7) is 2.47. The molecule has 0 saturated heterocycles. The average Bonchev–Trinajstić information content (AvgIpc) is 2.80. The van der Waals surface area contributed by atoms with Crippen molar-refractivity contribution in [2.45, 2.75) is 38.6 Å². The topological polar surface area (TPSA) is 79.5 Å². The SMILES string of the molecule is CCS(=O)CCN=C(NN)NC1CCCC1. The molecule has 6 heteroatoms. The highest BCUT2D eigenvalue weighted by Gasteiger charge is 2.15. The molecule has 1 fully saturated rings. The maximum Gasteiger partial charge on any atom is 0.205 e. The van der Waals surface area contributed by atoms with Gasteiger partial charge < -0.3 is 5.32 Å². The predicted molar refractivity (Wildman–Crippen MR) is 68.6 cm³/mol. The number of hydrogen-bond acceptors (Lipinski definition) is 3. The zero-order valence-corrected chi connectivity index (χ0v) is 10.7. The van der Waals surface area contributed by atoms with Gasteiger partial charge in [0.25, 0.3) is 0 Å². The molecule has 0 aliphatic heterocycles. The second-order valence-electron chi connectivity index (χ2n) is 3.93. The molecule has 0 bridgehead atoms. The van der Waals surface area contributed by atoms with Gasteiger partial charge in [-0.15, -0.1) is 0 Å². The number of aliphatic imine (C=N–C) groups is 1. The first kappa shape index (κ1) is 13.4. The first-order valence-corrected chi connectivity index (χ1v) is 7.37. The van der Waals surface area contributed by atoms with Crippen LogP contribution in [-0.4, -0.2) is 34.3 Å². The maximum atomic E-state index is 11.2. The fourth-order valence-electron chi connectivity index (χ4n) is 1.80. The minimum atomic E-state index is -0.753. The molecule has 16 heavy (non-hydrogen) atoms. The van der Waals surface area contributed by atoms with Crippen LogP contribution in [-0.2, 0) is 10.8 Å². The zero-order chi connectivity index (χ0) is 11.8.